The zero-order valence-corrected chi connectivity index (χ0v) is 14.1. The predicted octanol–water partition coefficient (Wildman–Crippen LogP) is 2.17. The Bertz CT molecular complexity index is 903. The molecule has 2 fully saturated rings. The smallest absolute Gasteiger partial charge is 0.285 e. The van der Waals surface area contributed by atoms with Gasteiger partial charge in [-0.2, -0.15) is 0 Å². The number of ether oxygens (including phenoxy) is 2. The van der Waals surface area contributed by atoms with Gasteiger partial charge in [-0.1, -0.05) is 12.1 Å². The van der Waals surface area contributed by atoms with Gasteiger partial charge in [0.15, 0.2) is 5.79 Å². The van der Waals surface area contributed by atoms with Crippen LogP contribution in [0.2, 0.25) is 0 Å². The van der Waals surface area contributed by atoms with Crippen molar-refractivity contribution in [2.24, 2.45) is 0 Å². The molecular weight excluding hydrogens is 336 g/mol. The molecule has 3 heterocycles. The van der Waals surface area contributed by atoms with E-state index in [0.717, 1.165) is 37.0 Å². The summed E-state index contributed by atoms with van der Waals surface area (Å²) in [6.45, 7) is 2.82. The lowest BCUT2D eigenvalue weighted by atomic mass is 9.93. The van der Waals surface area contributed by atoms with Crippen LogP contribution in [-0.4, -0.2) is 54.2 Å². The van der Waals surface area contributed by atoms with Crippen molar-refractivity contribution in [1.29, 1.82) is 0 Å². The van der Waals surface area contributed by atoms with E-state index in [9.17, 15) is 14.8 Å². The molecule has 2 amide bonds. The van der Waals surface area contributed by atoms with Crippen molar-refractivity contribution in [3.8, 4) is 0 Å². The molecule has 1 spiro atoms. The fourth-order valence-corrected chi connectivity index (χ4v) is 4.22. The normalized spacial score (nSPS) is 21.9. The number of nitrogens with zero attached hydrogens (tertiary/aromatic N) is 2. The van der Waals surface area contributed by atoms with E-state index in [1.165, 1.54) is 0 Å². The summed E-state index contributed by atoms with van der Waals surface area (Å²) in [6.07, 6.45) is 1.55. The lowest BCUT2D eigenvalue weighted by Crippen LogP contribution is -2.45. The van der Waals surface area contributed by atoms with E-state index in [2.05, 4.69) is 4.90 Å². The third-order valence-electron chi connectivity index (χ3n) is 5.54. The van der Waals surface area contributed by atoms with Crippen molar-refractivity contribution < 1.29 is 24.3 Å². The van der Waals surface area contributed by atoms with Crippen LogP contribution in [0, 0.1) is 0 Å². The summed E-state index contributed by atoms with van der Waals surface area (Å²) < 4.78 is 11.6. The molecule has 0 aromatic heterocycles. The highest BCUT2D eigenvalue weighted by Crippen LogP contribution is 2.39. The van der Waals surface area contributed by atoms with Crippen LogP contribution in [0.5, 0.6) is 0 Å². The Morgan fingerprint density at radius 3 is 2.27 bits per heavy atom. The monoisotopic (exact) mass is 354 g/mol. The average molecular weight is 354 g/mol. The maximum absolute atomic E-state index is 12.3. The zero-order valence-electron chi connectivity index (χ0n) is 14.1. The molecule has 0 bridgehead atoms. The number of hydroxylamine groups is 2. The minimum Gasteiger partial charge on any atom is -0.371 e. The number of imide groups is 1. The fourth-order valence-electron chi connectivity index (χ4n) is 4.22. The first-order valence-electron chi connectivity index (χ1n) is 8.76. The van der Waals surface area contributed by atoms with Gasteiger partial charge >= 0.3 is 0 Å². The molecule has 5 rings (SSSR count). The van der Waals surface area contributed by atoms with E-state index in [1.54, 1.807) is 18.2 Å². The van der Waals surface area contributed by atoms with Crippen molar-refractivity contribution in [1.82, 2.24) is 5.06 Å². The summed E-state index contributed by atoms with van der Waals surface area (Å²) in [5.74, 6) is -1.82. The van der Waals surface area contributed by atoms with Gasteiger partial charge < -0.3 is 14.4 Å². The molecule has 3 aliphatic rings. The molecule has 2 aromatic carbocycles. The molecular formula is C19H18N2O5. The van der Waals surface area contributed by atoms with Gasteiger partial charge in [0.2, 0.25) is 0 Å². The summed E-state index contributed by atoms with van der Waals surface area (Å²) in [5, 5.41) is 11.4. The van der Waals surface area contributed by atoms with E-state index in [1.807, 2.05) is 12.1 Å². The van der Waals surface area contributed by atoms with E-state index in [0.29, 0.717) is 29.7 Å². The lowest BCUT2D eigenvalue weighted by molar-refractivity contribution is -0.169. The third kappa shape index (κ3) is 2.11. The molecule has 0 radical (unpaired) electrons. The van der Waals surface area contributed by atoms with Crippen LogP contribution >= 0.6 is 0 Å². The Morgan fingerprint density at radius 1 is 0.923 bits per heavy atom. The van der Waals surface area contributed by atoms with Crippen LogP contribution in [0.15, 0.2) is 30.3 Å². The van der Waals surface area contributed by atoms with Gasteiger partial charge in [0, 0.05) is 42.4 Å². The SMILES string of the molecule is O=C1c2cccc3c(N4CCC5(CC4)OCCO5)ccc(c23)C(=O)N1O. The van der Waals surface area contributed by atoms with E-state index in [-0.39, 0.29) is 5.06 Å². The van der Waals surface area contributed by atoms with E-state index in [4.69, 9.17) is 9.47 Å². The second kappa shape index (κ2) is 5.51. The van der Waals surface area contributed by atoms with Crippen molar-refractivity contribution in [2.75, 3.05) is 31.2 Å². The van der Waals surface area contributed by atoms with Gasteiger partial charge in [-0.05, 0) is 18.2 Å². The van der Waals surface area contributed by atoms with Gasteiger partial charge in [0.1, 0.15) is 0 Å². The molecule has 7 heteroatoms. The molecule has 2 saturated heterocycles. The van der Waals surface area contributed by atoms with Gasteiger partial charge in [-0.15, -0.1) is 5.06 Å². The highest BCUT2D eigenvalue weighted by Gasteiger charge is 2.40. The largest absolute Gasteiger partial charge is 0.371 e. The number of amides is 2. The fraction of sp³-hybridized carbons (Fsp3) is 0.368. The summed E-state index contributed by atoms with van der Waals surface area (Å²) in [6, 6.07) is 8.90. The molecule has 26 heavy (non-hydrogen) atoms. The summed E-state index contributed by atoms with van der Waals surface area (Å²) in [7, 11) is 0. The zero-order chi connectivity index (χ0) is 17.9. The molecule has 2 aromatic rings. The number of piperidine rings is 1. The number of carbonyl (C=O) groups excluding carboxylic acids is 2. The minimum absolute atomic E-state index is 0.191. The van der Waals surface area contributed by atoms with Crippen LogP contribution in [-0.2, 0) is 9.47 Å². The average Bonchev–Trinajstić information content (AvgIpc) is 3.13. The summed E-state index contributed by atoms with van der Waals surface area (Å²) in [4.78, 5) is 26.8. The number of hydrogen-bond acceptors (Lipinski definition) is 6. The van der Waals surface area contributed by atoms with Crippen LogP contribution < -0.4 is 4.90 Å². The Morgan fingerprint density at radius 2 is 1.58 bits per heavy atom. The van der Waals surface area contributed by atoms with Crippen molar-refractivity contribution in [2.45, 2.75) is 18.6 Å². The molecule has 0 unspecified atom stereocenters. The number of anilines is 1. The molecule has 0 saturated carbocycles. The van der Waals surface area contributed by atoms with Gasteiger partial charge in [0.25, 0.3) is 11.8 Å². The first-order valence-corrected chi connectivity index (χ1v) is 8.76. The Labute approximate surface area is 149 Å². The first kappa shape index (κ1) is 15.7. The maximum atomic E-state index is 12.3. The van der Waals surface area contributed by atoms with Crippen LogP contribution in [0.25, 0.3) is 10.8 Å². The van der Waals surface area contributed by atoms with E-state index < -0.39 is 17.6 Å². The molecule has 134 valence electrons. The van der Waals surface area contributed by atoms with Crippen molar-refractivity contribution in [3.63, 3.8) is 0 Å². The number of carbonyl (C=O) groups is 2. The summed E-state index contributed by atoms with van der Waals surface area (Å²) >= 11 is 0. The van der Waals surface area contributed by atoms with Gasteiger partial charge in [-0.3, -0.25) is 14.8 Å². The second-order valence-electron chi connectivity index (χ2n) is 6.88. The van der Waals surface area contributed by atoms with Crippen molar-refractivity contribution in [3.05, 3.63) is 41.5 Å². The third-order valence-corrected chi connectivity index (χ3v) is 5.54. The predicted molar refractivity (Wildman–Crippen MR) is 92.3 cm³/mol. The van der Waals surface area contributed by atoms with Crippen LogP contribution in [0.1, 0.15) is 33.6 Å². The molecule has 0 atom stereocenters. The summed E-state index contributed by atoms with van der Waals surface area (Å²) in [5.41, 5.74) is 1.67. The quantitative estimate of drug-likeness (QED) is 0.625. The Balaban J connectivity index is 1.57. The lowest BCUT2D eigenvalue weighted by Gasteiger charge is -2.39. The topological polar surface area (TPSA) is 79.3 Å². The minimum atomic E-state index is -0.685. The molecule has 3 aliphatic heterocycles. The van der Waals surface area contributed by atoms with Gasteiger partial charge in [-0.25, -0.2) is 0 Å². The molecule has 0 aliphatic carbocycles. The van der Waals surface area contributed by atoms with Crippen LogP contribution in [0.4, 0.5) is 5.69 Å². The van der Waals surface area contributed by atoms with Crippen molar-refractivity contribution >= 4 is 28.3 Å². The Kier molecular flexibility index (Phi) is 3.34. The first-order chi connectivity index (χ1) is 12.6. The van der Waals surface area contributed by atoms with E-state index >= 15 is 0 Å². The molecule has 7 nitrogen and oxygen atoms in total. The number of benzene rings is 2. The molecule has 1 N–H and O–H groups in total. The number of rotatable bonds is 1. The van der Waals surface area contributed by atoms with Gasteiger partial charge in [0.05, 0.1) is 24.3 Å². The standard InChI is InChI=1S/C19H18N2O5/c22-17-13-3-1-2-12-15(5-4-14(16(12)13)18(23)21(17)24)20-8-6-19(7-9-20)25-10-11-26-19/h1-5,24H,6-11H2. The second-order valence-corrected chi connectivity index (χ2v) is 6.88. The number of hydrogen-bond donors (Lipinski definition) is 1. The maximum Gasteiger partial charge on any atom is 0.285 e. The Hall–Kier alpha value is -2.48. The highest BCUT2D eigenvalue weighted by molar-refractivity contribution is 6.26. The highest BCUT2D eigenvalue weighted by atomic mass is 16.7. The van der Waals surface area contributed by atoms with Crippen LogP contribution in [0.3, 0.4) is 0 Å².